The molecule has 0 aromatic heterocycles. The molecule has 0 radical (unpaired) electrons. The van der Waals surface area contributed by atoms with E-state index in [1.165, 1.54) is 4.31 Å². The molecule has 1 aliphatic heterocycles. The Morgan fingerprint density at radius 1 is 1.40 bits per heavy atom. The average molecular weight is 318 g/mol. The summed E-state index contributed by atoms with van der Waals surface area (Å²) in [5, 5.41) is 0. The molecule has 1 atom stereocenters. The second-order valence-electron chi connectivity index (χ2n) is 5.21. The van der Waals surface area contributed by atoms with Crippen LogP contribution in [-0.2, 0) is 20.6 Å². The summed E-state index contributed by atoms with van der Waals surface area (Å²) in [6.07, 6.45) is -0.0730. The van der Waals surface area contributed by atoms with Gasteiger partial charge in [0.15, 0.2) is 0 Å². The van der Waals surface area contributed by atoms with E-state index >= 15 is 0 Å². The molecule has 1 aromatic carbocycles. The van der Waals surface area contributed by atoms with Gasteiger partial charge < -0.3 is 4.74 Å². The number of halogens is 1. The van der Waals surface area contributed by atoms with E-state index in [-0.39, 0.29) is 6.10 Å². The Hall–Kier alpha value is -0.620. The summed E-state index contributed by atoms with van der Waals surface area (Å²) in [5.41, 5.74) is 2.57. The number of sulfonamides is 1. The van der Waals surface area contributed by atoms with Crippen LogP contribution in [0.15, 0.2) is 17.0 Å². The van der Waals surface area contributed by atoms with E-state index in [0.29, 0.717) is 30.5 Å². The standard InChI is InChI=1S/C14H20ClNO3S/c1-10-6-13(8-15)7-14(12(10)3)20(17,18)16-4-5-19-11(2)9-16/h6-7,11H,4-5,8-9H2,1-3H3. The first-order valence-electron chi connectivity index (χ1n) is 6.64. The zero-order chi connectivity index (χ0) is 14.9. The van der Waals surface area contributed by atoms with Crippen molar-refractivity contribution in [3.63, 3.8) is 0 Å². The van der Waals surface area contributed by atoms with Gasteiger partial charge in [-0.15, -0.1) is 11.6 Å². The Labute approximate surface area is 125 Å². The smallest absolute Gasteiger partial charge is 0.243 e. The van der Waals surface area contributed by atoms with Gasteiger partial charge in [-0.05, 0) is 43.5 Å². The van der Waals surface area contributed by atoms with Crippen LogP contribution in [0.25, 0.3) is 0 Å². The maximum atomic E-state index is 12.8. The van der Waals surface area contributed by atoms with Gasteiger partial charge in [-0.3, -0.25) is 0 Å². The highest BCUT2D eigenvalue weighted by Gasteiger charge is 2.30. The molecule has 1 aromatic rings. The number of alkyl halides is 1. The van der Waals surface area contributed by atoms with E-state index in [1.54, 1.807) is 6.07 Å². The maximum absolute atomic E-state index is 12.8. The largest absolute Gasteiger partial charge is 0.376 e. The van der Waals surface area contributed by atoms with E-state index in [1.807, 2.05) is 26.8 Å². The molecule has 0 N–H and O–H groups in total. The Morgan fingerprint density at radius 2 is 2.10 bits per heavy atom. The van der Waals surface area contributed by atoms with Crippen LogP contribution in [0.4, 0.5) is 0 Å². The first-order chi connectivity index (χ1) is 9.36. The van der Waals surface area contributed by atoms with Crippen molar-refractivity contribution < 1.29 is 13.2 Å². The molecule has 0 amide bonds. The summed E-state index contributed by atoms with van der Waals surface area (Å²) in [5.74, 6) is 0.309. The number of rotatable bonds is 3. The Balaban J connectivity index is 2.46. The normalized spacial score (nSPS) is 21.1. The second kappa shape index (κ2) is 6.02. The first kappa shape index (κ1) is 15.8. The average Bonchev–Trinajstić information content (AvgIpc) is 2.41. The molecule has 2 rings (SSSR count). The molecular formula is C14H20ClNO3S. The lowest BCUT2D eigenvalue weighted by Gasteiger charge is -2.31. The molecule has 0 saturated carbocycles. The molecule has 112 valence electrons. The summed E-state index contributed by atoms with van der Waals surface area (Å²) < 4.78 is 32.5. The molecule has 1 saturated heterocycles. The van der Waals surface area contributed by atoms with Gasteiger partial charge in [0.25, 0.3) is 0 Å². The van der Waals surface area contributed by atoms with Gasteiger partial charge in [-0.1, -0.05) is 6.07 Å². The van der Waals surface area contributed by atoms with Crippen LogP contribution in [0, 0.1) is 13.8 Å². The van der Waals surface area contributed by atoms with Crippen molar-refractivity contribution in [2.75, 3.05) is 19.7 Å². The zero-order valence-electron chi connectivity index (χ0n) is 12.0. The Bertz CT molecular complexity index is 601. The minimum Gasteiger partial charge on any atom is -0.376 e. The van der Waals surface area contributed by atoms with E-state index in [9.17, 15) is 8.42 Å². The predicted octanol–water partition coefficient (Wildman–Crippen LogP) is 2.45. The maximum Gasteiger partial charge on any atom is 0.243 e. The third kappa shape index (κ3) is 3.01. The molecule has 0 spiro atoms. The monoisotopic (exact) mass is 317 g/mol. The van der Waals surface area contributed by atoms with Crippen LogP contribution in [0.5, 0.6) is 0 Å². The summed E-state index contributed by atoms with van der Waals surface area (Å²) in [6, 6.07) is 3.62. The van der Waals surface area contributed by atoms with Crippen molar-refractivity contribution in [3.05, 3.63) is 28.8 Å². The van der Waals surface area contributed by atoms with Gasteiger partial charge >= 0.3 is 0 Å². The van der Waals surface area contributed by atoms with Crippen molar-refractivity contribution >= 4 is 21.6 Å². The molecule has 4 nitrogen and oxygen atoms in total. The molecule has 0 bridgehead atoms. The number of hydrogen-bond acceptors (Lipinski definition) is 3. The third-order valence-corrected chi connectivity index (χ3v) is 5.96. The van der Waals surface area contributed by atoms with Crippen molar-refractivity contribution in [1.29, 1.82) is 0 Å². The Kier molecular flexibility index (Phi) is 4.74. The van der Waals surface area contributed by atoms with E-state index in [2.05, 4.69) is 0 Å². The number of nitrogens with zero attached hydrogens (tertiary/aromatic N) is 1. The van der Waals surface area contributed by atoms with Gasteiger partial charge in [-0.25, -0.2) is 8.42 Å². The van der Waals surface area contributed by atoms with Gasteiger partial charge in [0.2, 0.25) is 10.0 Å². The van der Waals surface area contributed by atoms with Gasteiger partial charge in [-0.2, -0.15) is 4.31 Å². The van der Waals surface area contributed by atoms with E-state index in [4.69, 9.17) is 16.3 Å². The molecular weight excluding hydrogens is 298 g/mol. The molecule has 1 unspecified atom stereocenters. The predicted molar refractivity (Wildman–Crippen MR) is 79.6 cm³/mol. The molecule has 1 heterocycles. The quantitative estimate of drug-likeness (QED) is 0.805. The van der Waals surface area contributed by atoms with Crippen molar-refractivity contribution in [2.45, 2.75) is 37.7 Å². The van der Waals surface area contributed by atoms with Crippen LogP contribution in [0.1, 0.15) is 23.6 Å². The number of aryl methyl sites for hydroxylation is 1. The van der Waals surface area contributed by atoms with Crippen molar-refractivity contribution in [2.24, 2.45) is 0 Å². The first-order valence-corrected chi connectivity index (χ1v) is 8.61. The minimum absolute atomic E-state index is 0.0730. The molecule has 20 heavy (non-hydrogen) atoms. The van der Waals surface area contributed by atoms with Crippen molar-refractivity contribution in [1.82, 2.24) is 4.31 Å². The van der Waals surface area contributed by atoms with E-state index in [0.717, 1.165) is 16.7 Å². The summed E-state index contributed by atoms with van der Waals surface area (Å²) in [7, 11) is -3.49. The fourth-order valence-corrected chi connectivity index (χ4v) is 4.39. The number of benzene rings is 1. The highest BCUT2D eigenvalue weighted by atomic mass is 35.5. The summed E-state index contributed by atoms with van der Waals surface area (Å²) >= 11 is 5.85. The van der Waals surface area contributed by atoms with Crippen LogP contribution < -0.4 is 0 Å². The highest BCUT2D eigenvalue weighted by molar-refractivity contribution is 7.89. The second-order valence-corrected chi connectivity index (χ2v) is 7.39. The number of morpholine rings is 1. The highest BCUT2D eigenvalue weighted by Crippen LogP contribution is 2.26. The third-order valence-electron chi connectivity index (χ3n) is 3.66. The van der Waals surface area contributed by atoms with Gasteiger partial charge in [0, 0.05) is 19.0 Å². The van der Waals surface area contributed by atoms with Crippen LogP contribution >= 0.6 is 11.6 Å². The van der Waals surface area contributed by atoms with Gasteiger partial charge in [0.1, 0.15) is 0 Å². The van der Waals surface area contributed by atoms with E-state index < -0.39 is 10.0 Å². The summed E-state index contributed by atoms with van der Waals surface area (Å²) in [4.78, 5) is 0.363. The SMILES string of the molecule is Cc1cc(CCl)cc(S(=O)(=O)N2CCOC(C)C2)c1C. The molecule has 1 fully saturated rings. The summed E-state index contributed by atoms with van der Waals surface area (Å²) in [6.45, 7) is 6.86. The topological polar surface area (TPSA) is 46.6 Å². The van der Waals surface area contributed by atoms with Crippen LogP contribution in [0.2, 0.25) is 0 Å². The lowest BCUT2D eigenvalue weighted by atomic mass is 10.1. The van der Waals surface area contributed by atoms with Crippen LogP contribution in [0.3, 0.4) is 0 Å². The van der Waals surface area contributed by atoms with Crippen molar-refractivity contribution in [3.8, 4) is 0 Å². The molecule has 6 heteroatoms. The Morgan fingerprint density at radius 3 is 2.70 bits per heavy atom. The van der Waals surface area contributed by atoms with Crippen LogP contribution in [-0.4, -0.2) is 38.5 Å². The lowest BCUT2D eigenvalue weighted by molar-refractivity contribution is 0.0102. The molecule has 1 aliphatic rings. The number of hydrogen-bond donors (Lipinski definition) is 0. The number of ether oxygens (including phenoxy) is 1. The fraction of sp³-hybridized carbons (Fsp3) is 0.571. The fourth-order valence-electron chi connectivity index (χ4n) is 2.39. The minimum atomic E-state index is -3.49. The molecule has 0 aliphatic carbocycles. The lowest BCUT2D eigenvalue weighted by Crippen LogP contribution is -2.44. The van der Waals surface area contributed by atoms with Gasteiger partial charge in [0.05, 0.1) is 17.6 Å². The zero-order valence-corrected chi connectivity index (χ0v) is 13.6.